The van der Waals surface area contributed by atoms with Crippen LogP contribution in [0.3, 0.4) is 0 Å². The maximum absolute atomic E-state index is 13.8. The molecule has 1 fully saturated rings. The number of hydrogen-bond donors (Lipinski definition) is 1. The van der Waals surface area contributed by atoms with Crippen molar-refractivity contribution in [2.24, 2.45) is 4.99 Å². The molecule has 1 saturated heterocycles. The van der Waals surface area contributed by atoms with Gasteiger partial charge in [0.05, 0.1) is 19.3 Å². The third-order valence-corrected chi connectivity index (χ3v) is 5.08. The zero-order valence-corrected chi connectivity index (χ0v) is 19.7. The Morgan fingerprint density at radius 2 is 1.83 bits per heavy atom. The van der Waals surface area contributed by atoms with Gasteiger partial charge in [0.2, 0.25) is 0 Å². The fourth-order valence-electron chi connectivity index (χ4n) is 3.57. The molecule has 2 aromatic carbocycles. The molecule has 1 unspecified atom stereocenters. The number of nitrogens with zero attached hydrogens (tertiary/aromatic N) is 3. The Morgan fingerprint density at radius 1 is 1.13 bits per heavy atom. The predicted molar refractivity (Wildman–Crippen MR) is 126 cm³/mol. The zero-order valence-electron chi connectivity index (χ0n) is 17.4. The van der Waals surface area contributed by atoms with Crippen LogP contribution < -0.4 is 5.32 Å². The summed E-state index contributed by atoms with van der Waals surface area (Å²) in [7, 11) is 3.67. The lowest BCUT2D eigenvalue weighted by molar-refractivity contribution is 0.0168. The molecule has 1 heterocycles. The van der Waals surface area contributed by atoms with Crippen molar-refractivity contribution in [1.82, 2.24) is 15.1 Å². The molecule has 164 valence electrons. The van der Waals surface area contributed by atoms with Crippen molar-refractivity contribution in [2.75, 3.05) is 46.9 Å². The zero-order chi connectivity index (χ0) is 20.6. The molecule has 1 atom stereocenters. The van der Waals surface area contributed by atoms with Gasteiger partial charge in [-0.1, -0.05) is 24.3 Å². The average molecular weight is 530 g/mol. The smallest absolute Gasteiger partial charge is 0.193 e. The number of hydrogen-bond acceptors (Lipinski definition) is 3. The van der Waals surface area contributed by atoms with E-state index in [-0.39, 0.29) is 41.7 Å². The van der Waals surface area contributed by atoms with Crippen molar-refractivity contribution in [1.29, 1.82) is 0 Å². The van der Waals surface area contributed by atoms with Crippen LogP contribution in [0.4, 0.5) is 8.78 Å². The second-order valence-corrected chi connectivity index (χ2v) is 7.13. The van der Waals surface area contributed by atoms with Crippen LogP contribution in [0.1, 0.15) is 17.2 Å². The maximum Gasteiger partial charge on any atom is 0.193 e. The van der Waals surface area contributed by atoms with E-state index in [0.29, 0.717) is 26.3 Å². The van der Waals surface area contributed by atoms with Gasteiger partial charge in [-0.05, 0) is 35.4 Å². The van der Waals surface area contributed by atoms with Crippen LogP contribution in [0.25, 0.3) is 0 Å². The Hall–Kier alpha value is -1.78. The average Bonchev–Trinajstić information content (AvgIpc) is 2.73. The monoisotopic (exact) mass is 530 g/mol. The van der Waals surface area contributed by atoms with E-state index in [2.05, 4.69) is 15.2 Å². The second-order valence-electron chi connectivity index (χ2n) is 7.13. The molecule has 0 aromatic heterocycles. The SMILES string of the molecule is CN=C(NCC(c1cccc(F)c1)N1CCOCC1)N(C)Cc1ccc(F)cc1.I. The minimum Gasteiger partial charge on any atom is -0.379 e. The molecular weight excluding hydrogens is 501 g/mol. The van der Waals surface area contributed by atoms with E-state index in [9.17, 15) is 8.78 Å². The van der Waals surface area contributed by atoms with Gasteiger partial charge in [-0.25, -0.2) is 8.78 Å². The van der Waals surface area contributed by atoms with E-state index < -0.39 is 0 Å². The van der Waals surface area contributed by atoms with Gasteiger partial charge in [0.15, 0.2) is 5.96 Å². The summed E-state index contributed by atoms with van der Waals surface area (Å²) >= 11 is 0. The van der Waals surface area contributed by atoms with Crippen molar-refractivity contribution in [3.8, 4) is 0 Å². The first-order valence-electron chi connectivity index (χ1n) is 9.80. The van der Waals surface area contributed by atoms with Gasteiger partial charge in [-0.15, -0.1) is 24.0 Å². The molecule has 3 rings (SSSR count). The Kier molecular flexibility index (Phi) is 9.93. The molecule has 0 spiro atoms. The first kappa shape index (κ1) is 24.5. The van der Waals surface area contributed by atoms with Crippen LogP contribution in [0.5, 0.6) is 0 Å². The quantitative estimate of drug-likeness (QED) is 0.352. The molecule has 1 aliphatic rings. The normalized spacial score (nSPS) is 15.9. The van der Waals surface area contributed by atoms with Gasteiger partial charge < -0.3 is 15.0 Å². The van der Waals surface area contributed by atoms with Crippen molar-refractivity contribution in [3.05, 3.63) is 71.3 Å². The second kappa shape index (κ2) is 12.2. The highest BCUT2D eigenvalue weighted by molar-refractivity contribution is 14.0. The van der Waals surface area contributed by atoms with E-state index >= 15 is 0 Å². The third kappa shape index (κ3) is 6.88. The van der Waals surface area contributed by atoms with Crippen LogP contribution >= 0.6 is 24.0 Å². The number of morpholine rings is 1. The van der Waals surface area contributed by atoms with Crippen LogP contribution in [-0.2, 0) is 11.3 Å². The molecule has 0 saturated carbocycles. The molecule has 8 heteroatoms. The maximum atomic E-state index is 13.8. The number of halogens is 3. The summed E-state index contributed by atoms with van der Waals surface area (Å²) in [5.41, 5.74) is 1.92. The number of guanidine groups is 1. The van der Waals surface area contributed by atoms with Crippen molar-refractivity contribution in [2.45, 2.75) is 12.6 Å². The van der Waals surface area contributed by atoms with E-state index in [1.807, 2.05) is 18.0 Å². The van der Waals surface area contributed by atoms with Crippen LogP contribution in [0.2, 0.25) is 0 Å². The first-order valence-corrected chi connectivity index (χ1v) is 9.80. The Bertz CT molecular complexity index is 813. The van der Waals surface area contributed by atoms with Crippen LogP contribution in [0.15, 0.2) is 53.5 Å². The fraction of sp³-hybridized carbons (Fsp3) is 0.409. The van der Waals surface area contributed by atoms with Crippen molar-refractivity contribution >= 4 is 29.9 Å². The van der Waals surface area contributed by atoms with Crippen LogP contribution in [0, 0.1) is 11.6 Å². The minimum atomic E-state index is -0.248. The van der Waals surface area contributed by atoms with E-state index in [0.717, 1.165) is 30.2 Å². The number of rotatable bonds is 6. The van der Waals surface area contributed by atoms with E-state index in [1.165, 1.54) is 18.2 Å². The highest BCUT2D eigenvalue weighted by Gasteiger charge is 2.23. The summed E-state index contributed by atoms with van der Waals surface area (Å²) in [5, 5.41) is 3.41. The lowest BCUT2D eigenvalue weighted by atomic mass is 10.0. The van der Waals surface area contributed by atoms with Gasteiger partial charge in [0.1, 0.15) is 11.6 Å². The molecule has 0 radical (unpaired) electrons. The van der Waals surface area contributed by atoms with E-state index in [1.54, 1.807) is 31.3 Å². The van der Waals surface area contributed by atoms with Crippen LogP contribution in [-0.4, -0.2) is 62.7 Å². The van der Waals surface area contributed by atoms with E-state index in [4.69, 9.17) is 4.74 Å². The van der Waals surface area contributed by atoms with Gasteiger partial charge >= 0.3 is 0 Å². The third-order valence-electron chi connectivity index (χ3n) is 5.08. The highest BCUT2D eigenvalue weighted by atomic mass is 127. The lowest BCUT2D eigenvalue weighted by Gasteiger charge is -2.35. The molecular formula is C22H29F2IN4O. The molecule has 0 amide bonds. The summed E-state index contributed by atoms with van der Waals surface area (Å²) < 4.78 is 32.4. The van der Waals surface area contributed by atoms with Gasteiger partial charge in [-0.3, -0.25) is 9.89 Å². The molecule has 0 aliphatic carbocycles. The molecule has 1 aliphatic heterocycles. The summed E-state index contributed by atoms with van der Waals surface area (Å²) in [4.78, 5) is 8.66. The largest absolute Gasteiger partial charge is 0.379 e. The van der Waals surface area contributed by atoms with Gasteiger partial charge in [0.25, 0.3) is 0 Å². The van der Waals surface area contributed by atoms with Crippen molar-refractivity contribution < 1.29 is 13.5 Å². The first-order chi connectivity index (χ1) is 14.1. The molecule has 0 bridgehead atoms. The van der Waals surface area contributed by atoms with Crippen molar-refractivity contribution in [3.63, 3.8) is 0 Å². The molecule has 30 heavy (non-hydrogen) atoms. The lowest BCUT2D eigenvalue weighted by Crippen LogP contribution is -2.46. The summed E-state index contributed by atoms with van der Waals surface area (Å²) in [5.74, 6) is 0.241. The topological polar surface area (TPSA) is 40.1 Å². The highest BCUT2D eigenvalue weighted by Crippen LogP contribution is 2.22. The minimum absolute atomic E-state index is 0. The molecule has 1 N–H and O–H groups in total. The Labute approximate surface area is 194 Å². The van der Waals surface area contributed by atoms with Gasteiger partial charge in [-0.2, -0.15) is 0 Å². The number of aliphatic imine (C=N–C) groups is 1. The summed E-state index contributed by atoms with van der Waals surface area (Å²) in [6.45, 7) is 4.13. The summed E-state index contributed by atoms with van der Waals surface area (Å²) in [6.07, 6.45) is 0. The standard InChI is InChI=1S/C22H28F2N4O.HI/c1-25-22(27(2)16-17-6-8-19(23)9-7-17)26-15-21(28-10-12-29-13-11-28)18-4-3-5-20(24)14-18;/h3-9,14,21H,10-13,15-16H2,1-2H3,(H,25,26);1H. The molecule has 5 nitrogen and oxygen atoms in total. The molecule has 2 aromatic rings. The van der Waals surface area contributed by atoms with Gasteiger partial charge in [0, 0.05) is 40.3 Å². The fourth-order valence-corrected chi connectivity index (χ4v) is 3.57. The number of nitrogens with one attached hydrogen (secondary N) is 1. The Morgan fingerprint density at radius 3 is 2.47 bits per heavy atom. The number of ether oxygens (including phenoxy) is 1. The number of benzene rings is 2. The predicted octanol–water partition coefficient (Wildman–Crippen LogP) is 3.66. The summed E-state index contributed by atoms with van der Waals surface area (Å²) in [6, 6.07) is 13.2. The Balaban J connectivity index is 0.00000320.